The molecule has 1 saturated carbocycles. The van der Waals surface area contributed by atoms with E-state index in [1.807, 2.05) is 0 Å². The van der Waals surface area contributed by atoms with Gasteiger partial charge in [-0.2, -0.15) is 0 Å². The minimum absolute atomic E-state index is 0.188. The molecule has 1 aliphatic heterocycles. The molecule has 4 nitrogen and oxygen atoms in total. The third-order valence-corrected chi connectivity index (χ3v) is 3.34. The third kappa shape index (κ3) is 1.69. The molecule has 1 aliphatic carbocycles. The van der Waals surface area contributed by atoms with E-state index < -0.39 is 5.97 Å². The van der Waals surface area contributed by atoms with E-state index in [4.69, 9.17) is 10.8 Å². The molecule has 0 aromatic carbocycles. The van der Waals surface area contributed by atoms with E-state index in [9.17, 15) is 4.79 Å². The van der Waals surface area contributed by atoms with Crippen LogP contribution in [0.4, 0.5) is 0 Å². The number of carbonyl (C=O) groups is 1. The average molecular weight is 184 g/mol. The highest BCUT2D eigenvalue weighted by molar-refractivity contribution is 5.69. The highest BCUT2D eigenvalue weighted by Crippen LogP contribution is 2.34. The van der Waals surface area contributed by atoms with E-state index >= 15 is 0 Å². The van der Waals surface area contributed by atoms with Crippen LogP contribution in [-0.4, -0.2) is 41.1 Å². The largest absolute Gasteiger partial charge is 0.480 e. The van der Waals surface area contributed by atoms with Gasteiger partial charge in [0.05, 0.1) is 6.54 Å². The zero-order chi connectivity index (χ0) is 9.42. The predicted octanol–water partition coefficient (Wildman–Crippen LogP) is -0.117. The van der Waals surface area contributed by atoms with Gasteiger partial charge >= 0.3 is 5.97 Å². The second kappa shape index (κ2) is 3.27. The molecule has 3 N–H and O–H groups in total. The summed E-state index contributed by atoms with van der Waals surface area (Å²) in [5.41, 5.74) is 5.94. The summed E-state index contributed by atoms with van der Waals surface area (Å²) in [6, 6.07) is 0.788. The Morgan fingerprint density at radius 1 is 1.54 bits per heavy atom. The first-order valence-electron chi connectivity index (χ1n) is 4.88. The summed E-state index contributed by atoms with van der Waals surface area (Å²) in [5.74, 6) is -0.181. The number of likely N-dealkylation sites (tertiary alicyclic amines) is 1. The van der Waals surface area contributed by atoms with Crippen molar-refractivity contribution in [1.82, 2.24) is 4.90 Å². The minimum atomic E-state index is -0.721. The van der Waals surface area contributed by atoms with Gasteiger partial charge < -0.3 is 10.8 Å². The van der Waals surface area contributed by atoms with Gasteiger partial charge in [0.25, 0.3) is 0 Å². The van der Waals surface area contributed by atoms with Gasteiger partial charge in [-0.25, -0.2) is 0 Å². The van der Waals surface area contributed by atoms with Gasteiger partial charge in [0.2, 0.25) is 0 Å². The van der Waals surface area contributed by atoms with Crippen molar-refractivity contribution in [1.29, 1.82) is 0 Å². The monoisotopic (exact) mass is 184 g/mol. The van der Waals surface area contributed by atoms with Gasteiger partial charge in [0.1, 0.15) is 0 Å². The summed E-state index contributed by atoms with van der Waals surface area (Å²) in [7, 11) is 0. The first kappa shape index (κ1) is 8.97. The standard InChI is InChI=1S/C9H16N2O2/c10-8-2-1-7-3-6(8)4-11(7)5-9(12)13/h6-8H,1-5,10H2,(H,12,13). The molecular formula is C9H16N2O2. The number of rotatable bonds is 2. The number of hydrogen-bond donors (Lipinski definition) is 2. The Balaban J connectivity index is 1.98. The smallest absolute Gasteiger partial charge is 0.317 e. The average Bonchev–Trinajstić information content (AvgIpc) is 2.37. The van der Waals surface area contributed by atoms with E-state index in [1.165, 1.54) is 0 Å². The van der Waals surface area contributed by atoms with Crippen LogP contribution in [0.25, 0.3) is 0 Å². The van der Waals surface area contributed by atoms with Crippen LogP contribution in [0.1, 0.15) is 19.3 Å². The minimum Gasteiger partial charge on any atom is -0.480 e. The molecule has 0 spiro atoms. The van der Waals surface area contributed by atoms with Crippen LogP contribution in [0.2, 0.25) is 0 Å². The molecule has 3 unspecified atom stereocenters. The summed E-state index contributed by atoms with van der Waals surface area (Å²) >= 11 is 0. The molecule has 2 bridgehead atoms. The van der Waals surface area contributed by atoms with Crippen molar-refractivity contribution < 1.29 is 9.90 Å². The van der Waals surface area contributed by atoms with Crippen LogP contribution in [0, 0.1) is 5.92 Å². The lowest BCUT2D eigenvalue weighted by Crippen LogP contribution is -2.34. The van der Waals surface area contributed by atoms with Gasteiger partial charge in [0, 0.05) is 18.6 Å². The molecule has 0 aromatic rings. The Morgan fingerprint density at radius 3 is 2.92 bits per heavy atom. The number of fused-ring (bicyclic) bond motifs is 2. The van der Waals surface area contributed by atoms with Crippen LogP contribution >= 0.6 is 0 Å². The molecule has 0 radical (unpaired) electrons. The number of hydrogen-bond acceptors (Lipinski definition) is 3. The fourth-order valence-corrected chi connectivity index (χ4v) is 2.62. The Kier molecular flexibility index (Phi) is 2.26. The highest BCUT2D eigenvalue weighted by Gasteiger charge is 2.39. The number of nitrogens with zero attached hydrogens (tertiary/aromatic N) is 1. The SMILES string of the molecule is NC1CCC2CC1CN2CC(=O)O. The summed E-state index contributed by atoms with van der Waals surface area (Å²) < 4.78 is 0. The molecule has 74 valence electrons. The van der Waals surface area contributed by atoms with Crippen molar-refractivity contribution >= 4 is 5.97 Å². The number of carboxylic acid groups (broad SMARTS) is 1. The van der Waals surface area contributed by atoms with Crippen LogP contribution in [0.15, 0.2) is 0 Å². The summed E-state index contributed by atoms with van der Waals surface area (Å²) in [5, 5.41) is 8.69. The van der Waals surface area contributed by atoms with Crippen molar-refractivity contribution in [3.8, 4) is 0 Å². The maximum atomic E-state index is 10.6. The molecule has 2 rings (SSSR count). The van der Waals surface area contributed by atoms with Crippen molar-refractivity contribution in [2.45, 2.75) is 31.3 Å². The van der Waals surface area contributed by atoms with Crippen LogP contribution in [-0.2, 0) is 4.79 Å². The van der Waals surface area contributed by atoms with E-state index in [0.29, 0.717) is 18.0 Å². The quantitative estimate of drug-likeness (QED) is 0.628. The van der Waals surface area contributed by atoms with E-state index in [2.05, 4.69) is 4.90 Å². The Morgan fingerprint density at radius 2 is 2.31 bits per heavy atom. The summed E-state index contributed by atoms with van der Waals surface area (Å²) in [4.78, 5) is 12.6. The van der Waals surface area contributed by atoms with Crippen molar-refractivity contribution in [3.05, 3.63) is 0 Å². The third-order valence-electron chi connectivity index (χ3n) is 3.34. The lowest BCUT2D eigenvalue weighted by molar-refractivity contribution is -0.138. The van der Waals surface area contributed by atoms with Crippen LogP contribution < -0.4 is 5.73 Å². The van der Waals surface area contributed by atoms with Gasteiger partial charge in [-0.15, -0.1) is 0 Å². The lowest BCUT2D eigenvalue weighted by atomic mass is 9.86. The molecule has 0 amide bonds. The first-order chi connectivity index (χ1) is 6.16. The molecule has 0 aromatic heterocycles. The van der Waals surface area contributed by atoms with Gasteiger partial charge in [-0.05, 0) is 25.2 Å². The van der Waals surface area contributed by atoms with E-state index in [1.54, 1.807) is 0 Å². The molecule has 2 fully saturated rings. The number of aliphatic carboxylic acids is 1. The van der Waals surface area contributed by atoms with Gasteiger partial charge in [0.15, 0.2) is 0 Å². The molecule has 3 atom stereocenters. The van der Waals surface area contributed by atoms with Gasteiger partial charge in [-0.3, -0.25) is 9.69 Å². The molecule has 2 aliphatic rings. The number of nitrogens with two attached hydrogens (primary N) is 1. The Labute approximate surface area is 77.7 Å². The van der Waals surface area contributed by atoms with Gasteiger partial charge in [-0.1, -0.05) is 0 Å². The molecular weight excluding hydrogens is 168 g/mol. The fourth-order valence-electron chi connectivity index (χ4n) is 2.62. The topological polar surface area (TPSA) is 66.6 Å². The molecule has 13 heavy (non-hydrogen) atoms. The van der Waals surface area contributed by atoms with Crippen molar-refractivity contribution in [3.63, 3.8) is 0 Å². The summed E-state index contributed by atoms with van der Waals surface area (Å²) in [6.45, 7) is 1.08. The zero-order valence-electron chi connectivity index (χ0n) is 7.65. The Bertz CT molecular complexity index is 220. The second-order valence-electron chi connectivity index (χ2n) is 4.21. The maximum absolute atomic E-state index is 10.6. The fraction of sp³-hybridized carbons (Fsp3) is 0.889. The van der Waals surface area contributed by atoms with Crippen molar-refractivity contribution in [2.75, 3.05) is 13.1 Å². The maximum Gasteiger partial charge on any atom is 0.317 e. The van der Waals surface area contributed by atoms with E-state index in [0.717, 1.165) is 25.8 Å². The van der Waals surface area contributed by atoms with Crippen LogP contribution in [0.5, 0.6) is 0 Å². The summed E-state index contributed by atoms with van der Waals surface area (Å²) in [6.07, 6.45) is 3.24. The molecule has 1 heterocycles. The zero-order valence-corrected chi connectivity index (χ0v) is 7.65. The predicted molar refractivity (Wildman–Crippen MR) is 48.3 cm³/mol. The van der Waals surface area contributed by atoms with E-state index in [-0.39, 0.29) is 6.54 Å². The van der Waals surface area contributed by atoms with Crippen molar-refractivity contribution in [2.24, 2.45) is 11.7 Å². The second-order valence-corrected chi connectivity index (χ2v) is 4.21. The van der Waals surface area contributed by atoms with Crippen LogP contribution in [0.3, 0.4) is 0 Å². The molecule has 4 heteroatoms. The first-order valence-corrected chi connectivity index (χ1v) is 4.88. The normalized spacial score (nSPS) is 39.3. The Hall–Kier alpha value is -0.610. The lowest BCUT2D eigenvalue weighted by Gasteiger charge is -2.25. The number of carboxylic acids is 1. The highest BCUT2D eigenvalue weighted by atomic mass is 16.4. The molecule has 1 saturated heterocycles.